The lowest BCUT2D eigenvalue weighted by atomic mass is 9.91. The van der Waals surface area contributed by atoms with Crippen LogP contribution in [-0.4, -0.2) is 28.7 Å². The lowest BCUT2D eigenvalue weighted by Gasteiger charge is -2.35. The molecule has 102 valence electrons. The Balaban J connectivity index is 1.84. The zero-order chi connectivity index (χ0) is 13.6. The number of hydrogen-bond donors (Lipinski definition) is 1. The first-order valence-corrected chi connectivity index (χ1v) is 7.20. The third-order valence-corrected chi connectivity index (χ3v) is 3.63. The first-order chi connectivity index (χ1) is 9.22. The summed E-state index contributed by atoms with van der Waals surface area (Å²) >= 11 is 0. The third-order valence-electron chi connectivity index (χ3n) is 3.63. The second-order valence-corrected chi connectivity index (χ2v) is 5.35. The number of benzene rings is 1. The topological polar surface area (TPSA) is 23.5 Å². The summed E-state index contributed by atoms with van der Waals surface area (Å²) < 4.78 is 0. The number of likely N-dealkylation sites (tertiary alicyclic amines) is 1. The molecular formula is C17H23NO. The second kappa shape index (κ2) is 6.75. The van der Waals surface area contributed by atoms with Crippen LogP contribution in [0.5, 0.6) is 0 Å². The summed E-state index contributed by atoms with van der Waals surface area (Å²) in [6, 6.07) is 10.5. The molecule has 0 bridgehead atoms. The summed E-state index contributed by atoms with van der Waals surface area (Å²) in [5, 5.41) is 10.4. The van der Waals surface area contributed by atoms with E-state index >= 15 is 0 Å². The molecule has 1 aromatic rings. The minimum Gasteiger partial charge on any atom is -0.378 e. The predicted molar refractivity (Wildman–Crippen MR) is 78.6 cm³/mol. The standard InChI is InChI=1S/C17H23NO/c1-2-3-7-10-17(19)11-13-18(14-12-17)15-16-8-5-4-6-9-16/h4-6,8-9,19H,2-3,11-15H2,1H3. The smallest absolute Gasteiger partial charge is 0.127 e. The van der Waals surface area contributed by atoms with Crippen molar-refractivity contribution in [3.05, 3.63) is 35.9 Å². The number of hydrogen-bond acceptors (Lipinski definition) is 2. The maximum absolute atomic E-state index is 10.4. The van der Waals surface area contributed by atoms with Crippen LogP contribution < -0.4 is 0 Å². The highest BCUT2D eigenvalue weighted by atomic mass is 16.3. The zero-order valence-corrected chi connectivity index (χ0v) is 11.7. The second-order valence-electron chi connectivity index (χ2n) is 5.35. The van der Waals surface area contributed by atoms with Crippen molar-refractivity contribution in [2.75, 3.05) is 13.1 Å². The first kappa shape index (κ1) is 14.1. The molecule has 0 saturated carbocycles. The van der Waals surface area contributed by atoms with Crippen LogP contribution in [0.25, 0.3) is 0 Å². The molecular weight excluding hydrogens is 234 g/mol. The number of aliphatic hydroxyl groups is 1. The van der Waals surface area contributed by atoms with Crippen LogP contribution >= 0.6 is 0 Å². The molecule has 1 heterocycles. The average Bonchev–Trinajstić information content (AvgIpc) is 2.43. The van der Waals surface area contributed by atoms with E-state index in [0.717, 1.165) is 45.3 Å². The van der Waals surface area contributed by atoms with Gasteiger partial charge in [0.1, 0.15) is 5.60 Å². The quantitative estimate of drug-likeness (QED) is 0.842. The fourth-order valence-corrected chi connectivity index (χ4v) is 2.40. The van der Waals surface area contributed by atoms with Gasteiger partial charge in [0.2, 0.25) is 0 Å². The maximum Gasteiger partial charge on any atom is 0.127 e. The summed E-state index contributed by atoms with van der Waals surface area (Å²) in [7, 11) is 0. The summed E-state index contributed by atoms with van der Waals surface area (Å²) in [5.74, 6) is 6.15. The Kier molecular flexibility index (Phi) is 5.01. The van der Waals surface area contributed by atoms with Crippen molar-refractivity contribution in [1.29, 1.82) is 0 Å². The van der Waals surface area contributed by atoms with Crippen molar-refractivity contribution in [3.63, 3.8) is 0 Å². The average molecular weight is 257 g/mol. The summed E-state index contributed by atoms with van der Waals surface area (Å²) in [6.45, 7) is 4.93. The maximum atomic E-state index is 10.4. The van der Waals surface area contributed by atoms with E-state index in [0.29, 0.717) is 0 Å². The van der Waals surface area contributed by atoms with Gasteiger partial charge in [-0.05, 0) is 12.0 Å². The molecule has 0 amide bonds. The van der Waals surface area contributed by atoms with Gasteiger partial charge in [0, 0.05) is 38.9 Å². The van der Waals surface area contributed by atoms with Crippen molar-refractivity contribution in [1.82, 2.24) is 4.90 Å². The zero-order valence-electron chi connectivity index (χ0n) is 11.7. The summed E-state index contributed by atoms with van der Waals surface area (Å²) in [5.41, 5.74) is 0.590. The van der Waals surface area contributed by atoms with Gasteiger partial charge in [0.25, 0.3) is 0 Å². The van der Waals surface area contributed by atoms with Crippen LogP contribution in [0.2, 0.25) is 0 Å². The molecule has 19 heavy (non-hydrogen) atoms. The SMILES string of the molecule is CCCC#CC1(O)CCN(Cc2ccccc2)CC1. The van der Waals surface area contributed by atoms with Crippen LogP contribution in [-0.2, 0) is 6.54 Å². The van der Waals surface area contributed by atoms with Crippen molar-refractivity contribution < 1.29 is 5.11 Å². The highest BCUT2D eigenvalue weighted by molar-refractivity contribution is 5.17. The molecule has 0 radical (unpaired) electrons. The lowest BCUT2D eigenvalue weighted by molar-refractivity contribution is 0.0246. The van der Waals surface area contributed by atoms with Gasteiger partial charge < -0.3 is 5.11 Å². The highest BCUT2D eigenvalue weighted by Crippen LogP contribution is 2.22. The molecule has 1 aliphatic rings. The van der Waals surface area contributed by atoms with Crippen molar-refractivity contribution in [2.45, 2.75) is 44.8 Å². The van der Waals surface area contributed by atoms with Crippen LogP contribution in [0.3, 0.4) is 0 Å². The molecule has 0 aromatic heterocycles. The van der Waals surface area contributed by atoms with Gasteiger partial charge in [-0.3, -0.25) is 4.90 Å². The lowest BCUT2D eigenvalue weighted by Crippen LogP contribution is -2.43. The molecule has 1 N–H and O–H groups in total. The van der Waals surface area contributed by atoms with Gasteiger partial charge >= 0.3 is 0 Å². The monoisotopic (exact) mass is 257 g/mol. The number of unbranched alkanes of at least 4 members (excludes halogenated alkanes) is 1. The minimum atomic E-state index is -0.748. The van der Waals surface area contributed by atoms with Gasteiger partial charge in [-0.2, -0.15) is 0 Å². The fraction of sp³-hybridized carbons (Fsp3) is 0.529. The fourth-order valence-electron chi connectivity index (χ4n) is 2.40. The molecule has 0 spiro atoms. The molecule has 0 aliphatic carbocycles. The van der Waals surface area contributed by atoms with E-state index in [4.69, 9.17) is 0 Å². The molecule has 2 nitrogen and oxygen atoms in total. The Bertz CT molecular complexity index is 435. The normalized spacial score (nSPS) is 18.6. The summed E-state index contributed by atoms with van der Waals surface area (Å²) in [4.78, 5) is 2.39. The van der Waals surface area contributed by atoms with E-state index in [-0.39, 0.29) is 0 Å². The van der Waals surface area contributed by atoms with E-state index in [2.05, 4.69) is 47.9 Å². The highest BCUT2D eigenvalue weighted by Gasteiger charge is 2.30. The molecule has 0 unspecified atom stereocenters. The number of piperidine rings is 1. The van der Waals surface area contributed by atoms with E-state index in [1.807, 2.05) is 6.07 Å². The largest absolute Gasteiger partial charge is 0.378 e. The van der Waals surface area contributed by atoms with Crippen LogP contribution in [0.4, 0.5) is 0 Å². The molecule has 1 aliphatic heterocycles. The molecule has 1 aromatic carbocycles. The molecule has 2 heteroatoms. The van der Waals surface area contributed by atoms with Gasteiger partial charge in [-0.1, -0.05) is 43.2 Å². The third kappa shape index (κ3) is 4.38. The van der Waals surface area contributed by atoms with Crippen LogP contribution in [0.1, 0.15) is 38.2 Å². The van der Waals surface area contributed by atoms with Crippen molar-refractivity contribution in [2.24, 2.45) is 0 Å². The molecule has 1 fully saturated rings. The van der Waals surface area contributed by atoms with E-state index in [1.165, 1.54) is 5.56 Å². The van der Waals surface area contributed by atoms with Crippen molar-refractivity contribution in [3.8, 4) is 11.8 Å². The minimum absolute atomic E-state index is 0.748. The number of rotatable bonds is 3. The summed E-state index contributed by atoms with van der Waals surface area (Å²) in [6.07, 6.45) is 3.46. The van der Waals surface area contributed by atoms with E-state index in [1.54, 1.807) is 0 Å². The Hall–Kier alpha value is -1.30. The van der Waals surface area contributed by atoms with Gasteiger partial charge in [-0.25, -0.2) is 0 Å². The Morgan fingerprint density at radius 2 is 1.89 bits per heavy atom. The van der Waals surface area contributed by atoms with Crippen LogP contribution in [0, 0.1) is 11.8 Å². The van der Waals surface area contributed by atoms with Gasteiger partial charge in [-0.15, -0.1) is 5.92 Å². The Morgan fingerprint density at radius 1 is 1.21 bits per heavy atom. The first-order valence-electron chi connectivity index (χ1n) is 7.20. The van der Waals surface area contributed by atoms with Gasteiger partial charge in [0.05, 0.1) is 0 Å². The van der Waals surface area contributed by atoms with Gasteiger partial charge in [0.15, 0.2) is 0 Å². The van der Waals surface area contributed by atoms with Crippen LogP contribution in [0.15, 0.2) is 30.3 Å². The Morgan fingerprint density at radius 3 is 2.53 bits per heavy atom. The molecule has 2 rings (SSSR count). The van der Waals surface area contributed by atoms with Crippen molar-refractivity contribution >= 4 is 0 Å². The molecule has 1 saturated heterocycles. The number of nitrogens with zero attached hydrogens (tertiary/aromatic N) is 1. The predicted octanol–water partition coefficient (Wildman–Crippen LogP) is 2.82. The van der Waals surface area contributed by atoms with E-state index < -0.39 is 5.60 Å². The Labute approximate surface area is 116 Å². The van der Waals surface area contributed by atoms with E-state index in [9.17, 15) is 5.11 Å². The molecule has 0 atom stereocenters.